The van der Waals surface area contributed by atoms with Crippen LogP contribution in [0, 0.1) is 0 Å². The molecule has 0 bridgehead atoms. The van der Waals surface area contributed by atoms with Gasteiger partial charge in [-0.05, 0) is 56.2 Å². The molecule has 0 unspecified atom stereocenters. The van der Waals surface area contributed by atoms with E-state index >= 15 is 0 Å². The molecule has 1 saturated carbocycles. The van der Waals surface area contributed by atoms with Crippen LogP contribution >= 0.6 is 0 Å². The molecule has 0 radical (unpaired) electrons. The summed E-state index contributed by atoms with van der Waals surface area (Å²) in [5.41, 5.74) is 2.35. The van der Waals surface area contributed by atoms with Crippen molar-refractivity contribution in [2.24, 2.45) is 0 Å². The van der Waals surface area contributed by atoms with Gasteiger partial charge >= 0.3 is 6.01 Å². The third-order valence-electron chi connectivity index (χ3n) is 6.14. The second-order valence-electron chi connectivity index (χ2n) is 8.33. The fourth-order valence-corrected chi connectivity index (χ4v) is 4.46. The predicted octanol–water partition coefficient (Wildman–Crippen LogP) is 6.12. The molecule has 1 fully saturated rings. The first-order chi connectivity index (χ1) is 15.4. The van der Waals surface area contributed by atoms with Crippen molar-refractivity contribution in [2.75, 3.05) is 13.7 Å². The van der Waals surface area contributed by atoms with E-state index in [1.54, 1.807) is 7.11 Å². The Balaban J connectivity index is 1.42. The van der Waals surface area contributed by atoms with Gasteiger partial charge in [0.2, 0.25) is 0 Å². The van der Waals surface area contributed by atoms with E-state index in [0.29, 0.717) is 18.5 Å². The lowest BCUT2D eigenvalue weighted by Gasteiger charge is -2.22. The van der Waals surface area contributed by atoms with Crippen molar-refractivity contribution < 1.29 is 9.47 Å². The molecule has 1 aliphatic carbocycles. The Morgan fingerprint density at radius 2 is 1.65 bits per heavy atom. The van der Waals surface area contributed by atoms with E-state index in [2.05, 4.69) is 51.2 Å². The average Bonchev–Trinajstić information content (AvgIpc) is 3.26. The lowest BCUT2D eigenvalue weighted by atomic mass is 9.88. The van der Waals surface area contributed by atoms with Crippen LogP contribution in [0.25, 0.3) is 5.69 Å². The van der Waals surface area contributed by atoms with Crippen LogP contribution in [0.3, 0.4) is 0 Å². The van der Waals surface area contributed by atoms with Crippen LogP contribution in [0.1, 0.15) is 68.7 Å². The van der Waals surface area contributed by atoms with Crippen LogP contribution in [0.2, 0.25) is 0 Å². The highest BCUT2D eigenvalue weighted by Gasteiger charge is 2.26. The second-order valence-corrected chi connectivity index (χ2v) is 8.33. The zero-order valence-corrected chi connectivity index (χ0v) is 18.5. The van der Waals surface area contributed by atoms with E-state index in [0.717, 1.165) is 49.4 Å². The number of hydrogen-bond acceptors (Lipinski definition) is 4. The van der Waals surface area contributed by atoms with Gasteiger partial charge in [0.1, 0.15) is 11.6 Å². The second kappa shape index (κ2) is 11.0. The van der Waals surface area contributed by atoms with Crippen molar-refractivity contribution in [3.8, 4) is 17.4 Å². The molecule has 1 aliphatic rings. The minimum absolute atomic E-state index is 0.425. The fraction of sp³-hybridized carbons (Fsp3) is 0.462. The quantitative estimate of drug-likeness (QED) is 0.372. The topological polar surface area (TPSA) is 49.2 Å². The minimum Gasteiger partial charge on any atom is -0.495 e. The number of ether oxygens (including phenoxy) is 2. The number of hydrogen-bond donors (Lipinski definition) is 0. The maximum Gasteiger partial charge on any atom is 0.321 e. The molecule has 0 N–H and O–H groups in total. The Morgan fingerprint density at radius 3 is 2.45 bits per heavy atom. The summed E-state index contributed by atoms with van der Waals surface area (Å²) in [6.07, 6.45) is 10.6. The molecular weight excluding hydrogens is 386 g/mol. The number of nitrogens with zero attached hydrogens (tertiary/aromatic N) is 3. The Kier molecular flexibility index (Phi) is 7.59. The predicted molar refractivity (Wildman–Crippen MR) is 123 cm³/mol. The number of unbranched alkanes of at least 4 members (excludes halogenated alkanes) is 2. The number of para-hydroxylation sites is 2. The molecule has 31 heavy (non-hydrogen) atoms. The van der Waals surface area contributed by atoms with Crippen molar-refractivity contribution >= 4 is 0 Å². The summed E-state index contributed by atoms with van der Waals surface area (Å²) in [6, 6.07) is 19.3. The van der Waals surface area contributed by atoms with E-state index in [1.165, 1.54) is 31.2 Å². The van der Waals surface area contributed by atoms with Gasteiger partial charge in [-0.15, -0.1) is 5.10 Å². The summed E-state index contributed by atoms with van der Waals surface area (Å²) in [5.74, 6) is 2.24. The zero-order chi connectivity index (χ0) is 21.3. The Labute approximate surface area is 185 Å². The van der Waals surface area contributed by atoms with E-state index in [-0.39, 0.29) is 0 Å². The Bertz CT molecular complexity index is 933. The molecule has 164 valence electrons. The summed E-state index contributed by atoms with van der Waals surface area (Å²) < 4.78 is 13.9. The number of methoxy groups -OCH3 is 1. The third-order valence-corrected chi connectivity index (χ3v) is 6.14. The molecule has 3 aromatic rings. The number of rotatable bonds is 10. The normalized spacial score (nSPS) is 14.5. The number of benzene rings is 2. The van der Waals surface area contributed by atoms with Crippen LogP contribution < -0.4 is 9.47 Å². The van der Waals surface area contributed by atoms with E-state index < -0.39 is 0 Å². The molecule has 0 atom stereocenters. The molecule has 1 aromatic heterocycles. The third kappa shape index (κ3) is 5.46. The van der Waals surface area contributed by atoms with Crippen LogP contribution in [0.5, 0.6) is 11.8 Å². The fourth-order valence-electron chi connectivity index (χ4n) is 4.46. The summed E-state index contributed by atoms with van der Waals surface area (Å²) in [5, 5.41) is 9.02. The van der Waals surface area contributed by atoms with E-state index in [9.17, 15) is 0 Å². The van der Waals surface area contributed by atoms with Crippen molar-refractivity contribution in [2.45, 2.75) is 63.7 Å². The van der Waals surface area contributed by atoms with Gasteiger partial charge in [-0.25, -0.2) is 4.57 Å². The van der Waals surface area contributed by atoms with Crippen molar-refractivity contribution in [1.82, 2.24) is 14.8 Å². The molecular formula is C26H33N3O2. The van der Waals surface area contributed by atoms with Gasteiger partial charge in [-0.1, -0.05) is 66.8 Å². The Hall–Kier alpha value is -2.82. The van der Waals surface area contributed by atoms with Gasteiger partial charge in [-0.2, -0.15) is 0 Å². The van der Waals surface area contributed by atoms with Crippen molar-refractivity contribution in [3.63, 3.8) is 0 Å². The van der Waals surface area contributed by atoms with Gasteiger partial charge < -0.3 is 9.47 Å². The molecule has 0 saturated heterocycles. The van der Waals surface area contributed by atoms with Crippen molar-refractivity contribution in [3.05, 3.63) is 66.0 Å². The smallest absolute Gasteiger partial charge is 0.321 e. The van der Waals surface area contributed by atoms with Crippen molar-refractivity contribution in [1.29, 1.82) is 0 Å². The zero-order valence-electron chi connectivity index (χ0n) is 18.5. The molecule has 0 amide bonds. The average molecular weight is 420 g/mol. The SMILES string of the molecule is COc1ccccc1-n1c(OCCCCCc2ccccc2)nnc1C1CCCCC1. The maximum atomic E-state index is 6.15. The molecule has 5 nitrogen and oxygen atoms in total. The van der Waals surface area contributed by atoms with Crippen LogP contribution in [0.4, 0.5) is 0 Å². The maximum absolute atomic E-state index is 6.15. The molecule has 4 rings (SSSR count). The number of aromatic nitrogens is 3. The molecule has 5 heteroatoms. The van der Waals surface area contributed by atoms with Gasteiger partial charge in [0.05, 0.1) is 19.4 Å². The summed E-state index contributed by atoms with van der Waals surface area (Å²) in [4.78, 5) is 0. The first kappa shape index (κ1) is 21.4. The van der Waals surface area contributed by atoms with Gasteiger partial charge in [-0.3, -0.25) is 0 Å². The van der Waals surface area contributed by atoms with E-state index in [4.69, 9.17) is 9.47 Å². The van der Waals surface area contributed by atoms with Crippen LogP contribution in [0.15, 0.2) is 54.6 Å². The highest BCUT2D eigenvalue weighted by Crippen LogP contribution is 2.36. The van der Waals surface area contributed by atoms with E-state index in [1.807, 2.05) is 18.2 Å². The van der Waals surface area contributed by atoms with Gasteiger partial charge in [0, 0.05) is 5.92 Å². The lowest BCUT2D eigenvalue weighted by molar-refractivity contribution is 0.274. The monoisotopic (exact) mass is 419 g/mol. The number of aryl methyl sites for hydroxylation is 1. The van der Waals surface area contributed by atoms with Crippen LogP contribution in [-0.4, -0.2) is 28.5 Å². The standard InChI is InChI=1S/C26H33N3O2/c1-30-24-19-11-10-18-23(24)29-25(22-16-8-3-9-17-22)27-28-26(29)31-20-12-4-7-15-21-13-5-2-6-14-21/h2,5-6,10-11,13-14,18-19,22H,3-4,7-9,12,15-17,20H2,1H3. The highest BCUT2D eigenvalue weighted by atomic mass is 16.5. The minimum atomic E-state index is 0.425. The highest BCUT2D eigenvalue weighted by molar-refractivity contribution is 5.49. The Morgan fingerprint density at radius 1 is 0.871 bits per heavy atom. The molecule has 2 aromatic carbocycles. The molecule has 0 spiro atoms. The van der Waals surface area contributed by atoms with Gasteiger partial charge in [0.15, 0.2) is 0 Å². The molecule has 0 aliphatic heterocycles. The lowest BCUT2D eigenvalue weighted by Crippen LogP contribution is -2.13. The van der Waals surface area contributed by atoms with Gasteiger partial charge in [0.25, 0.3) is 0 Å². The summed E-state index contributed by atoms with van der Waals surface area (Å²) in [6.45, 7) is 0.646. The summed E-state index contributed by atoms with van der Waals surface area (Å²) >= 11 is 0. The summed E-state index contributed by atoms with van der Waals surface area (Å²) in [7, 11) is 1.71. The first-order valence-corrected chi connectivity index (χ1v) is 11.6. The van der Waals surface area contributed by atoms with Crippen LogP contribution in [-0.2, 0) is 6.42 Å². The molecule has 1 heterocycles. The first-order valence-electron chi connectivity index (χ1n) is 11.6. The largest absolute Gasteiger partial charge is 0.495 e.